The van der Waals surface area contributed by atoms with Gasteiger partial charge in [0.2, 0.25) is 0 Å². The Bertz CT molecular complexity index is 755. The van der Waals surface area contributed by atoms with E-state index in [4.69, 9.17) is 4.74 Å². The van der Waals surface area contributed by atoms with Crippen molar-refractivity contribution < 1.29 is 4.74 Å². The van der Waals surface area contributed by atoms with E-state index in [1.54, 1.807) is 7.11 Å². The number of hydrogen-bond acceptors (Lipinski definition) is 1. The minimum atomic E-state index is 0.509. The van der Waals surface area contributed by atoms with Gasteiger partial charge >= 0.3 is 0 Å². The van der Waals surface area contributed by atoms with Gasteiger partial charge < -0.3 is 4.74 Å². The molecule has 0 N–H and O–H groups in total. The third-order valence-electron chi connectivity index (χ3n) is 4.28. The number of hydrogen-bond donors (Lipinski definition) is 0. The van der Waals surface area contributed by atoms with Crippen LogP contribution in [0, 0.1) is 0 Å². The third-order valence-corrected chi connectivity index (χ3v) is 4.28. The van der Waals surface area contributed by atoms with Crippen molar-refractivity contribution in [2.24, 2.45) is 0 Å². The molecule has 0 spiro atoms. The van der Waals surface area contributed by atoms with Crippen LogP contribution in [0.4, 0.5) is 0 Å². The standard InChI is InChI=1S/C20H22O/c1-5-14-6-7-16-12-17-11-15(13(2)3)8-9-19(21-4)20(17)18(16)10-14/h6-13H,5H2,1-4H3. The molecule has 3 rings (SSSR count). The summed E-state index contributed by atoms with van der Waals surface area (Å²) in [6, 6.07) is 15.6. The summed E-state index contributed by atoms with van der Waals surface area (Å²) in [6.45, 7) is 6.65. The maximum absolute atomic E-state index is 5.66. The fraction of sp³-hybridized carbons (Fsp3) is 0.300. The van der Waals surface area contributed by atoms with E-state index in [9.17, 15) is 0 Å². The average Bonchev–Trinajstić information content (AvgIpc) is 2.72. The van der Waals surface area contributed by atoms with Crippen molar-refractivity contribution in [3.05, 3.63) is 53.6 Å². The molecule has 21 heavy (non-hydrogen) atoms. The zero-order chi connectivity index (χ0) is 15.0. The molecule has 1 aromatic rings. The summed E-state index contributed by atoms with van der Waals surface area (Å²) in [6.07, 6.45) is 1.06. The van der Waals surface area contributed by atoms with Crippen molar-refractivity contribution in [2.75, 3.05) is 7.11 Å². The van der Waals surface area contributed by atoms with Gasteiger partial charge in [0.25, 0.3) is 0 Å². The van der Waals surface area contributed by atoms with Crippen molar-refractivity contribution in [2.45, 2.75) is 33.1 Å². The Morgan fingerprint density at radius 2 is 1.81 bits per heavy atom. The van der Waals surface area contributed by atoms with E-state index in [1.807, 2.05) is 0 Å². The van der Waals surface area contributed by atoms with E-state index >= 15 is 0 Å². The molecular weight excluding hydrogens is 256 g/mol. The second-order valence-electron chi connectivity index (χ2n) is 5.95. The lowest BCUT2D eigenvalue weighted by molar-refractivity contribution is 0.417. The number of fused-ring (bicyclic) bond motifs is 3. The molecule has 0 heterocycles. The molecule has 1 aromatic carbocycles. The summed E-state index contributed by atoms with van der Waals surface area (Å²) in [4.78, 5) is 0. The molecule has 0 radical (unpaired) electrons. The lowest BCUT2D eigenvalue weighted by Gasteiger charge is -2.04. The summed E-state index contributed by atoms with van der Waals surface area (Å²) in [7, 11) is 1.76. The number of aryl methyl sites for hydroxylation is 1. The van der Waals surface area contributed by atoms with Crippen molar-refractivity contribution in [3.8, 4) is 16.9 Å². The molecule has 2 aliphatic carbocycles. The molecule has 0 aromatic heterocycles. The van der Waals surface area contributed by atoms with Crippen molar-refractivity contribution >= 4 is 10.8 Å². The van der Waals surface area contributed by atoms with Crippen LogP contribution in [0.1, 0.15) is 37.8 Å². The third kappa shape index (κ3) is 2.37. The van der Waals surface area contributed by atoms with Crippen LogP contribution in [0.25, 0.3) is 21.9 Å². The molecule has 0 bridgehead atoms. The van der Waals surface area contributed by atoms with E-state index in [-0.39, 0.29) is 0 Å². The molecule has 0 amide bonds. The molecule has 0 saturated heterocycles. The molecule has 0 atom stereocenters. The van der Waals surface area contributed by atoms with Crippen LogP contribution in [0.5, 0.6) is 5.75 Å². The summed E-state index contributed by atoms with van der Waals surface area (Å²) in [5.41, 5.74) is 5.21. The number of methoxy groups -OCH3 is 1. The van der Waals surface area contributed by atoms with E-state index in [0.29, 0.717) is 5.92 Å². The normalized spacial score (nSPS) is 11.5. The van der Waals surface area contributed by atoms with E-state index in [2.05, 4.69) is 63.2 Å². The maximum Gasteiger partial charge on any atom is 0.127 e. The highest BCUT2D eigenvalue weighted by atomic mass is 16.5. The van der Waals surface area contributed by atoms with E-state index in [1.165, 1.54) is 33.0 Å². The first-order valence-electron chi connectivity index (χ1n) is 7.67. The first-order chi connectivity index (χ1) is 10.1. The minimum absolute atomic E-state index is 0.509. The minimum Gasteiger partial charge on any atom is -0.496 e. The summed E-state index contributed by atoms with van der Waals surface area (Å²) < 4.78 is 5.66. The van der Waals surface area contributed by atoms with Crippen molar-refractivity contribution in [1.82, 2.24) is 0 Å². The zero-order valence-corrected chi connectivity index (χ0v) is 13.2. The zero-order valence-electron chi connectivity index (χ0n) is 13.2. The Balaban J connectivity index is 2.37. The Kier molecular flexibility index (Phi) is 3.59. The van der Waals surface area contributed by atoms with Crippen LogP contribution in [-0.2, 0) is 6.42 Å². The fourth-order valence-electron chi connectivity index (χ4n) is 2.96. The van der Waals surface area contributed by atoms with Gasteiger partial charge in [0.1, 0.15) is 5.75 Å². The maximum atomic E-state index is 5.66. The predicted molar refractivity (Wildman–Crippen MR) is 90.6 cm³/mol. The molecule has 0 unspecified atom stereocenters. The fourth-order valence-corrected chi connectivity index (χ4v) is 2.96. The molecule has 108 valence electrons. The van der Waals surface area contributed by atoms with Crippen LogP contribution in [0.15, 0.2) is 42.5 Å². The number of rotatable bonds is 3. The highest BCUT2D eigenvalue weighted by Crippen LogP contribution is 2.41. The highest BCUT2D eigenvalue weighted by Gasteiger charge is 2.15. The Hall–Kier alpha value is -2.02. The average molecular weight is 278 g/mol. The second-order valence-corrected chi connectivity index (χ2v) is 5.95. The van der Waals surface area contributed by atoms with Gasteiger partial charge in [-0.2, -0.15) is 0 Å². The molecule has 0 saturated carbocycles. The Morgan fingerprint density at radius 1 is 1.00 bits per heavy atom. The topological polar surface area (TPSA) is 9.23 Å². The summed E-state index contributed by atoms with van der Waals surface area (Å²) in [5.74, 6) is 1.47. The van der Waals surface area contributed by atoms with E-state index in [0.717, 1.165) is 12.2 Å². The smallest absolute Gasteiger partial charge is 0.127 e. The first-order valence-corrected chi connectivity index (χ1v) is 7.67. The lowest BCUT2D eigenvalue weighted by atomic mass is 10.0. The Labute approximate surface area is 126 Å². The van der Waals surface area contributed by atoms with Crippen LogP contribution in [0.3, 0.4) is 0 Å². The lowest BCUT2D eigenvalue weighted by Crippen LogP contribution is -1.84. The summed E-state index contributed by atoms with van der Waals surface area (Å²) in [5, 5.41) is 2.59. The van der Waals surface area contributed by atoms with Gasteiger partial charge in [-0.1, -0.05) is 51.1 Å². The van der Waals surface area contributed by atoms with Crippen LogP contribution in [0.2, 0.25) is 0 Å². The molecule has 1 nitrogen and oxygen atoms in total. The van der Waals surface area contributed by atoms with Crippen molar-refractivity contribution in [1.29, 1.82) is 0 Å². The molecule has 1 heteroatoms. The number of ether oxygens (including phenoxy) is 1. The quantitative estimate of drug-likeness (QED) is 0.602. The van der Waals surface area contributed by atoms with Gasteiger partial charge in [-0.25, -0.2) is 0 Å². The van der Waals surface area contributed by atoms with Crippen LogP contribution in [-0.4, -0.2) is 7.11 Å². The summed E-state index contributed by atoms with van der Waals surface area (Å²) >= 11 is 0. The van der Waals surface area contributed by atoms with Gasteiger partial charge in [0.05, 0.1) is 7.11 Å². The monoisotopic (exact) mass is 278 g/mol. The van der Waals surface area contributed by atoms with E-state index < -0.39 is 0 Å². The van der Waals surface area contributed by atoms with Crippen molar-refractivity contribution in [3.63, 3.8) is 0 Å². The van der Waals surface area contributed by atoms with Crippen LogP contribution < -0.4 is 4.74 Å². The van der Waals surface area contributed by atoms with Crippen LogP contribution >= 0.6 is 0 Å². The largest absolute Gasteiger partial charge is 0.496 e. The second kappa shape index (κ2) is 5.40. The Morgan fingerprint density at radius 3 is 2.48 bits per heavy atom. The number of benzene rings is 1. The van der Waals surface area contributed by atoms with Gasteiger partial charge in [0, 0.05) is 5.56 Å². The molecule has 0 aliphatic heterocycles. The van der Waals surface area contributed by atoms with Gasteiger partial charge in [-0.3, -0.25) is 0 Å². The molecule has 0 fully saturated rings. The SMILES string of the molecule is CCc1ccc2cc3cc(C(C)C)ccc(OC)c-3c2c1. The predicted octanol–water partition coefficient (Wildman–Crippen LogP) is 5.64. The first kappa shape index (κ1) is 13.9. The van der Waals surface area contributed by atoms with Gasteiger partial charge in [0.15, 0.2) is 0 Å². The molecular formula is C20H22O. The highest BCUT2D eigenvalue weighted by molar-refractivity contribution is 6.04. The molecule has 2 aliphatic rings. The van der Waals surface area contributed by atoms with Gasteiger partial charge in [-0.15, -0.1) is 0 Å². The van der Waals surface area contributed by atoms with Gasteiger partial charge in [-0.05, 0) is 51.9 Å².